The van der Waals surface area contributed by atoms with Gasteiger partial charge in [-0.2, -0.15) is 0 Å². The predicted octanol–water partition coefficient (Wildman–Crippen LogP) is 3.79. The van der Waals surface area contributed by atoms with Gasteiger partial charge < -0.3 is 9.64 Å². The van der Waals surface area contributed by atoms with Gasteiger partial charge in [-0.25, -0.2) is 8.42 Å². The molecule has 1 heterocycles. The minimum atomic E-state index is -3.27. The first-order valence-electron chi connectivity index (χ1n) is 8.89. The van der Waals surface area contributed by atoms with Gasteiger partial charge in [0.15, 0.2) is 9.84 Å². The van der Waals surface area contributed by atoms with Gasteiger partial charge in [-0.3, -0.25) is 0 Å². The van der Waals surface area contributed by atoms with E-state index >= 15 is 0 Å². The lowest BCUT2D eigenvalue weighted by molar-refractivity contribution is -0.00131. The third-order valence-electron chi connectivity index (χ3n) is 4.71. The quantitative estimate of drug-likeness (QED) is 0.717. The lowest BCUT2D eigenvalue weighted by Crippen LogP contribution is -2.39. The van der Waals surface area contributed by atoms with Crippen molar-refractivity contribution >= 4 is 21.4 Å². The summed E-state index contributed by atoms with van der Waals surface area (Å²) in [6, 6.07) is 16.5. The molecule has 0 aliphatic carbocycles. The van der Waals surface area contributed by atoms with Gasteiger partial charge in [0.05, 0.1) is 23.4 Å². The average Bonchev–Trinajstić information content (AvgIpc) is 2.67. The first-order chi connectivity index (χ1) is 12.5. The highest BCUT2D eigenvalue weighted by Gasteiger charge is 2.22. The predicted molar refractivity (Wildman–Crippen MR) is 104 cm³/mol. The van der Waals surface area contributed by atoms with E-state index in [9.17, 15) is 8.42 Å². The molecule has 1 aliphatic rings. The second-order valence-electron chi connectivity index (χ2n) is 6.61. The van der Waals surface area contributed by atoms with Gasteiger partial charge in [-0.1, -0.05) is 41.9 Å². The summed E-state index contributed by atoms with van der Waals surface area (Å²) in [6.07, 6.45) is 2.13. The van der Waals surface area contributed by atoms with Crippen molar-refractivity contribution in [3.63, 3.8) is 0 Å². The first kappa shape index (κ1) is 19.4. The number of benzene rings is 2. The molecule has 1 saturated heterocycles. The van der Waals surface area contributed by atoms with Crippen LogP contribution in [0.15, 0.2) is 59.5 Å². The molecular formula is C20H24ClNO3S. The highest BCUT2D eigenvalue weighted by molar-refractivity contribution is 7.91. The molecule has 0 amide bonds. The van der Waals surface area contributed by atoms with Crippen molar-refractivity contribution in [2.45, 2.75) is 30.4 Å². The summed E-state index contributed by atoms with van der Waals surface area (Å²) in [5.74, 6) is 0.129. The molecule has 1 aliphatic heterocycles. The van der Waals surface area contributed by atoms with Gasteiger partial charge in [-0.05, 0) is 42.7 Å². The minimum Gasteiger partial charge on any atom is -0.373 e. The molecule has 0 N–H and O–H groups in total. The lowest BCUT2D eigenvalue weighted by Gasteiger charge is -2.31. The molecule has 140 valence electrons. The fourth-order valence-corrected chi connectivity index (χ4v) is 4.51. The number of likely N-dealkylation sites (tertiary alicyclic amines) is 1. The van der Waals surface area contributed by atoms with Crippen LogP contribution in [0.25, 0.3) is 0 Å². The van der Waals surface area contributed by atoms with E-state index in [1.165, 1.54) is 5.56 Å². The molecule has 26 heavy (non-hydrogen) atoms. The molecule has 2 aromatic rings. The zero-order valence-electron chi connectivity index (χ0n) is 14.7. The van der Waals surface area contributed by atoms with Crippen LogP contribution >= 0.6 is 11.6 Å². The standard InChI is InChI=1S/C20H24ClNO3S/c21-18-6-8-20(9-7-18)26(23,24)15-14-22-12-10-19(11-13-22)25-16-17-4-2-1-3-5-17/h1-9,19H,10-16H2. The Morgan fingerprint density at radius 3 is 2.31 bits per heavy atom. The molecule has 2 aromatic carbocycles. The summed E-state index contributed by atoms with van der Waals surface area (Å²) in [7, 11) is -3.27. The summed E-state index contributed by atoms with van der Waals surface area (Å²) in [5, 5.41) is 0.543. The number of halogens is 1. The van der Waals surface area contributed by atoms with Crippen molar-refractivity contribution < 1.29 is 13.2 Å². The second kappa shape index (κ2) is 9.00. The Bertz CT molecular complexity index is 786. The van der Waals surface area contributed by atoms with Crippen LogP contribution in [-0.2, 0) is 21.2 Å². The van der Waals surface area contributed by atoms with E-state index in [4.69, 9.17) is 16.3 Å². The van der Waals surface area contributed by atoms with Crippen LogP contribution in [0.2, 0.25) is 5.02 Å². The number of nitrogens with zero attached hydrogens (tertiary/aromatic N) is 1. The summed E-state index contributed by atoms with van der Waals surface area (Å²) in [6.45, 7) is 2.93. The van der Waals surface area contributed by atoms with Gasteiger partial charge in [0, 0.05) is 24.7 Å². The van der Waals surface area contributed by atoms with Crippen molar-refractivity contribution in [1.82, 2.24) is 4.90 Å². The van der Waals surface area contributed by atoms with Crippen LogP contribution in [0.5, 0.6) is 0 Å². The van der Waals surface area contributed by atoms with Gasteiger partial charge in [0.1, 0.15) is 0 Å². The maximum Gasteiger partial charge on any atom is 0.179 e. The van der Waals surface area contributed by atoms with Crippen molar-refractivity contribution in [3.05, 3.63) is 65.2 Å². The fourth-order valence-electron chi connectivity index (χ4n) is 3.10. The van der Waals surface area contributed by atoms with Gasteiger partial charge in [0.2, 0.25) is 0 Å². The molecule has 0 spiro atoms. The summed E-state index contributed by atoms with van der Waals surface area (Å²) in [4.78, 5) is 2.54. The van der Waals surface area contributed by atoms with E-state index in [2.05, 4.69) is 17.0 Å². The molecule has 6 heteroatoms. The van der Waals surface area contributed by atoms with Crippen LogP contribution < -0.4 is 0 Å². The van der Waals surface area contributed by atoms with Crippen molar-refractivity contribution in [1.29, 1.82) is 0 Å². The molecule has 0 radical (unpaired) electrons. The van der Waals surface area contributed by atoms with E-state index in [1.807, 2.05) is 18.2 Å². The highest BCUT2D eigenvalue weighted by Crippen LogP contribution is 2.18. The molecule has 0 bridgehead atoms. The topological polar surface area (TPSA) is 46.6 Å². The maximum absolute atomic E-state index is 12.4. The SMILES string of the molecule is O=S(=O)(CCN1CCC(OCc2ccccc2)CC1)c1ccc(Cl)cc1. The molecule has 1 fully saturated rings. The monoisotopic (exact) mass is 393 g/mol. The third kappa shape index (κ3) is 5.55. The Morgan fingerprint density at radius 1 is 1.00 bits per heavy atom. The van der Waals surface area contributed by atoms with E-state index in [0.29, 0.717) is 23.1 Å². The van der Waals surface area contributed by atoms with Gasteiger partial charge >= 0.3 is 0 Å². The van der Waals surface area contributed by atoms with E-state index in [0.717, 1.165) is 25.9 Å². The number of hydrogen-bond acceptors (Lipinski definition) is 4. The Balaban J connectivity index is 1.42. The Morgan fingerprint density at radius 2 is 1.65 bits per heavy atom. The van der Waals surface area contributed by atoms with Gasteiger partial charge in [0.25, 0.3) is 0 Å². The smallest absolute Gasteiger partial charge is 0.179 e. The van der Waals surface area contributed by atoms with Crippen LogP contribution in [0, 0.1) is 0 Å². The second-order valence-corrected chi connectivity index (χ2v) is 9.16. The molecular weight excluding hydrogens is 370 g/mol. The molecule has 0 saturated carbocycles. The zero-order chi connectivity index (χ0) is 18.4. The highest BCUT2D eigenvalue weighted by atomic mass is 35.5. The average molecular weight is 394 g/mol. The summed E-state index contributed by atoms with van der Waals surface area (Å²) < 4.78 is 30.8. The van der Waals surface area contributed by atoms with Crippen LogP contribution in [0.3, 0.4) is 0 Å². The van der Waals surface area contributed by atoms with E-state index < -0.39 is 9.84 Å². The van der Waals surface area contributed by atoms with Crippen molar-refractivity contribution in [2.24, 2.45) is 0 Å². The first-order valence-corrected chi connectivity index (χ1v) is 10.9. The number of hydrogen-bond donors (Lipinski definition) is 0. The lowest BCUT2D eigenvalue weighted by atomic mass is 10.1. The largest absolute Gasteiger partial charge is 0.373 e. The molecule has 4 nitrogen and oxygen atoms in total. The fraction of sp³-hybridized carbons (Fsp3) is 0.400. The van der Waals surface area contributed by atoms with E-state index in [1.54, 1.807) is 24.3 Å². The molecule has 3 rings (SSSR count). The van der Waals surface area contributed by atoms with Crippen LogP contribution in [0.4, 0.5) is 0 Å². The third-order valence-corrected chi connectivity index (χ3v) is 6.67. The number of piperidine rings is 1. The molecule has 0 atom stereocenters. The van der Waals surface area contributed by atoms with Crippen molar-refractivity contribution in [2.75, 3.05) is 25.4 Å². The minimum absolute atomic E-state index is 0.129. The van der Waals surface area contributed by atoms with E-state index in [-0.39, 0.29) is 11.9 Å². The maximum atomic E-state index is 12.4. The zero-order valence-corrected chi connectivity index (χ0v) is 16.3. The molecule has 0 unspecified atom stereocenters. The van der Waals surface area contributed by atoms with Gasteiger partial charge in [-0.15, -0.1) is 0 Å². The number of rotatable bonds is 7. The Labute approximate surface area is 160 Å². The van der Waals surface area contributed by atoms with Crippen LogP contribution in [-0.4, -0.2) is 44.8 Å². The molecule has 0 aromatic heterocycles. The normalized spacial score (nSPS) is 16.7. The summed E-state index contributed by atoms with van der Waals surface area (Å²) in [5.41, 5.74) is 1.18. The summed E-state index contributed by atoms with van der Waals surface area (Å²) >= 11 is 5.82. The number of sulfone groups is 1. The number of ether oxygens (including phenoxy) is 1. The van der Waals surface area contributed by atoms with Crippen LogP contribution in [0.1, 0.15) is 18.4 Å². The van der Waals surface area contributed by atoms with Crippen molar-refractivity contribution in [3.8, 4) is 0 Å². The Hall–Kier alpha value is -1.40. The Kier molecular flexibility index (Phi) is 6.70.